The van der Waals surface area contributed by atoms with Gasteiger partial charge in [-0.2, -0.15) is 0 Å². The predicted molar refractivity (Wildman–Crippen MR) is 136 cm³/mol. The number of carbonyl (C=O) groups is 3. The molecule has 0 radical (unpaired) electrons. The monoisotopic (exact) mass is 484 g/mol. The Labute approximate surface area is 206 Å². The number of hydrogen-bond donors (Lipinski definition) is 3. The molecule has 3 N–H and O–H groups in total. The van der Waals surface area contributed by atoms with Gasteiger partial charge in [-0.1, -0.05) is 58.6 Å². The lowest BCUT2D eigenvalue weighted by atomic mass is 9.95. The fraction of sp³-hybridized carbons (Fsp3) is 0.815. The SMILES string of the molecule is C/C=C/CCCCCCCCC[N+](CC(CC)C(=O)O)(CC(CC)C(=O)O)CC(CC)C(=O)O. The summed E-state index contributed by atoms with van der Waals surface area (Å²) in [5.74, 6) is -4.53. The van der Waals surface area contributed by atoms with Crippen LogP contribution in [0.3, 0.4) is 0 Å². The normalized spacial score (nSPS) is 16.1. The van der Waals surface area contributed by atoms with Crippen LogP contribution in [0.5, 0.6) is 0 Å². The Balaban J connectivity index is 5.42. The van der Waals surface area contributed by atoms with Crippen molar-refractivity contribution in [2.45, 2.75) is 98.3 Å². The van der Waals surface area contributed by atoms with Gasteiger partial charge in [-0.3, -0.25) is 14.4 Å². The summed E-state index contributed by atoms with van der Waals surface area (Å²) in [6.07, 6.45) is 14.4. The van der Waals surface area contributed by atoms with Crippen LogP contribution in [-0.4, -0.2) is 63.9 Å². The number of rotatable bonds is 22. The molecule has 0 aliphatic carbocycles. The van der Waals surface area contributed by atoms with E-state index in [1.807, 2.05) is 27.7 Å². The average molecular weight is 485 g/mol. The first kappa shape index (κ1) is 32.1. The lowest BCUT2D eigenvalue weighted by molar-refractivity contribution is -0.935. The quantitative estimate of drug-likeness (QED) is 0.101. The lowest BCUT2D eigenvalue weighted by Crippen LogP contribution is -2.58. The van der Waals surface area contributed by atoms with Crippen molar-refractivity contribution in [2.24, 2.45) is 17.8 Å². The molecule has 198 valence electrons. The van der Waals surface area contributed by atoms with Crippen LogP contribution in [0.4, 0.5) is 0 Å². The Morgan fingerprint density at radius 3 is 1.32 bits per heavy atom. The van der Waals surface area contributed by atoms with Gasteiger partial charge >= 0.3 is 17.9 Å². The third-order valence-corrected chi connectivity index (χ3v) is 7.09. The van der Waals surface area contributed by atoms with E-state index in [2.05, 4.69) is 12.2 Å². The van der Waals surface area contributed by atoms with Gasteiger partial charge in [-0.05, 0) is 51.9 Å². The highest BCUT2D eigenvalue weighted by atomic mass is 16.4. The Hall–Kier alpha value is -1.89. The number of unbranched alkanes of at least 4 members (excludes halogenated alkanes) is 7. The second-order valence-corrected chi connectivity index (χ2v) is 9.78. The molecule has 7 heteroatoms. The van der Waals surface area contributed by atoms with Crippen LogP contribution in [0.1, 0.15) is 98.3 Å². The number of carboxylic acids is 3. The van der Waals surface area contributed by atoms with Gasteiger partial charge in [0.15, 0.2) is 0 Å². The van der Waals surface area contributed by atoms with Crippen molar-refractivity contribution in [1.29, 1.82) is 0 Å². The molecule has 0 aromatic rings. The molecule has 0 saturated carbocycles. The van der Waals surface area contributed by atoms with Crippen molar-refractivity contribution in [3.63, 3.8) is 0 Å². The van der Waals surface area contributed by atoms with Gasteiger partial charge in [0.2, 0.25) is 0 Å². The molecule has 0 aliphatic rings. The summed E-state index contributed by atoms with van der Waals surface area (Å²) >= 11 is 0. The van der Waals surface area contributed by atoms with Gasteiger partial charge in [0.05, 0.1) is 26.2 Å². The lowest BCUT2D eigenvalue weighted by Gasteiger charge is -2.43. The number of nitrogens with zero attached hydrogens (tertiary/aromatic N) is 1. The first-order chi connectivity index (χ1) is 16.2. The number of quaternary nitrogens is 1. The topological polar surface area (TPSA) is 112 Å². The fourth-order valence-electron chi connectivity index (χ4n) is 4.81. The van der Waals surface area contributed by atoms with E-state index in [0.29, 0.717) is 25.8 Å². The average Bonchev–Trinajstić information content (AvgIpc) is 2.79. The van der Waals surface area contributed by atoms with Crippen molar-refractivity contribution in [3.05, 3.63) is 12.2 Å². The Kier molecular flexibility index (Phi) is 17.4. The zero-order chi connectivity index (χ0) is 26.0. The highest BCUT2D eigenvalue weighted by molar-refractivity contribution is 5.71. The van der Waals surface area contributed by atoms with Crippen molar-refractivity contribution < 1.29 is 34.2 Å². The van der Waals surface area contributed by atoms with E-state index in [0.717, 1.165) is 32.1 Å². The van der Waals surface area contributed by atoms with E-state index in [-0.39, 0.29) is 24.1 Å². The molecule has 0 heterocycles. The summed E-state index contributed by atoms with van der Waals surface area (Å²) in [6, 6.07) is 0. The standard InChI is InChI=1S/C27H49NO6/c1-5-9-10-11-12-13-14-15-16-17-18-28(19-22(6-2)25(29)30,20-23(7-3)26(31)32)21-24(8-4)27(33)34/h5,9,22-24H,6-8,10-21H2,1-4H3,(H2-,29,30,31,32,33,34)/p+1/b9-5+. The number of carboxylic acid groups (broad SMARTS) is 3. The molecular weight excluding hydrogens is 434 g/mol. The smallest absolute Gasteiger partial charge is 0.312 e. The van der Waals surface area contributed by atoms with Crippen LogP contribution in [-0.2, 0) is 14.4 Å². The van der Waals surface area contributed by atoms with Crippen molar-refractivity contribution in [1.82, 2.24) is 0 Å². The Morgan fingerprint density at radius 2 is 1.00 bits per heavy atom. The second kappa shape index (κ2) is 18.4. The molecule has 0 spiro atoms. The summed E-state index contributed by atoms with van der Waals surface area (Å²) in [6.45, 7) is 8.99. The summed E-state index contributed by atoms with van der Waals surface area (Å²) in [5.41, 5.74) is 0. The van der Waals surface area contributed by atoms with Gasteiger partial charge in [0.25, 0.3) is 0 Å². The maximum atomic E-state index is 11.9. The molecule has 3 unspecified atom stereocenters. The predicted octanol–water partition coefficient (Wildman–Crippen LogP) is 5.83. The molecule has 0 aromatic heterocycles. The maximum absolute atomic E-state index is 11.9. The zero-order valence-corrected chi connectivity index (χ0v) is 22.0. The van der Waals surface area contributed by atoms with E-state index < -0.39 is 35.7 Å². The van der Waals surface area contributed by atoms with Gasteiger partial charge < -0.3 is 19.8 Å². The molecule has 0 rings (SSSR count). The summed E-state index contributed by atoms with van der Waals surface area (Å²) in [5, 5.41) is 29.2. The third-order valence-electron chi connectivity index (χ3n) is 7.09. The van der Waals surface area contributed by atoms with Crippen LogP contribution < -0.4 is 0 Å². The van der Waals surface area contributed by atoms with E-state index in [9.17, 15) is 29.7 Å². The zero-order valence-electron chi connectivity index (χ0n) is 22.0. The van der Waals surface area contributed by atoms with Crippen LogP contribution >= 0.6 is 0 Å². The van der Waals surface area contributed by atoms with Gasteiger partial charge in [-0.25, -0.2) is 0 Å². The molecule has 3 atom stereocenters. The Bertz CT molecular complexity index is 558. The highest BCUT2D eigenvalue weighted by Gasteiger charge is 2.40. The molecule has 7 nitrogen and oxygen atoms in total. The minimum atomic E-state index is -0.894. The van der Waals surface area contributed by atoms with Gasteiger partial charge in [-0.15, -0.1) is 0 Å². The highest BCUT2D eigenvalue weighted by Crippen LogP contribution is 2.25. The van der Waals surface area contributed by atoms with Crippen LogP contribution in [0.15, 0.2) is 12.2 Å². The molecule has 0 amide bonds. The second-order valence-electron chi connectivity index (χ2n) is 9.78. The van der Waals surface area contributed by atoms with Crippen LogP contribution in [0.2, 0.25) is 0 Å². The number of aliphatic carboxylic acids is 3. The van der Waals surface area contributed by atoms with Crippen molar-refractivity contribution in [3.8, 4) is 0 Å². The van der Waals surface area contributed by atoms with E-state index in [4.69, 9.17) is 0 Å². The van der Waals surface area contributed by atoms with Gasteiger partial charge in [0.1, 0.15) is 17.8 Å². The largest absolute Gasteiger partial charge is 0.481 e. The van der Waals surface area contributed by atoms with Crippen molar-refractivity contribution in [2.75, 3.05) is 26.2 Å². The molecule has 34 heavy (non-hydrogen) atoms. The minimum absolute atomic E-state index is 0.254. The molecular formula is C27H50NO6+. The molecule has 0 saturated heterocycles. The summed E-state index contributed by atoms with van der Waals surface area (Å²) < 4.78 is 0.254. The number of hydrogen-bond acceptors (Lipinski definition) is 3. The minimum Gasteiger partial charge on any atom is -0.481 e. The molecule has 0 fully saturated rings. The van der Waals surface area contributed by atoms with Crippen LogP contribution in [0.25, 0.3) is 0 Å². The van der Waals surface area contributed by atoms with Crippen molar-refractivity contribution >= 4 is 17.9 Å². The Morgan fingerprint density at radius 1 is 0.647 bits per heavy atom. The molecule has 0 aliphatic heterocycles. The fourth-order valence-corrected chi connectivity index (χ4v) is 4.81. The molecule has 0 bridgehead atoms. The van der Waals surface area contributed by atoms with Gasteiger partial charge in [0, 0.05) is 0 Å². The van der Waals surface area contributed by atoms with E-state index >= 15 is 0 Å². The van der Waals surface area contributed by atoms with E-state index in [1.54, 1.807) is 0 Å². The summed E-state index contributed by atoms with van der Waals surface area (Å²) in [7, 11) is 0. The first-order valence-corrected chi connectivity index (χ1v) is 13.3. The third kappa shape index (κ3) is 13.1. The van der Waals surface area contributed by atoms with E-state index in [1.165, 1.54) is 19.3 Å². The maximum Gasteiger partial charge on any atom is 0.312 e. The number of allylic oxidation sites excluding steroid dienone is 2. The summed E-state index contributed by atoms with van der Waals surface area (Å²) in [4.78, 5) is 35.6. The first-order valence-electron chi connectivity index (χ1n) is 13.3. The van der Waals surface area contributed by atoms with Crippen LogP contribution in [0, 0.1) is 17.8 Å². The molecule has 0 aromatic carbocycles.